The quantitative estimate of drug-likeness (QED) is 0.884. The van der Waals surface area contributed by atoms with Crippen molar-refractivity contribution in [2.75, 3.05) is 6.54 Å². The van der Waals surface area contributed by atoms with Crippen LogP contribution in [0.3, 0.4) is 0 Å². The number of hydrogen-bond acceptors (Lipinski definition) is 3. The maximum absolute atomic E-state index is 5.87. The smallest absolute Gasteiger partial charge is 0.118 e. The van der Waals surface area contributed by atoms with Crippen LogP contribution >= 0.6 is 0 Å². The van der Waals surface area contributed by atoms with E-state index in [0.29, 0.717) is 0 Å². The molecule has 0 saturated carbocycles. The van der Waals surface area contributed by atoms with Crippen molar-refractivity contribution in [3.8, 4) is 0 Å². The van der Waals surface area contributed by atoms with Gasteiger partial charge in [0.2, 0.25) is 0 Å². The molecule has 19 heavy (non-hydrogen) atoms. The van der Waals surface area contributed by atoms with Crippen LogP contribution in [0.4, 0.5) is 0 Å². The zero-order valence-corrected chi connectivity index (χ0v) is 12.2. The second-order valence-corrected chi connectivity index (χ2v) is 6.05. The van der Waals surface area contributed by atoms with Crippen molar-refractivity contribution in [3.05, 3.63) is 23.7 Å². The van der Waals surface area contributed by atoms with Gasteiger partial charge >= 0.3 is 0 Å². The van der Waals surface area contributed by atoms with Crippen LogP contribution in [0.5, 0.6) is 0 Å². The van der Waals surface area contributed by atoms with Crippen LogP contribution in [-0.4, -0.2) is 29.6 Å². The first-order chi connectivity index (χ1) is 9.28. The van der Waals surface area contributed by atoms with Crippen LogP contribution in [0.1, 0.15) is 51.1 Å². The van der Waals surface area contributed by atoms with Gasteiger partial charge in [0.05, 0.1) is 6.54 Å². The number of fused-ring (bicyclic) bond motifs is 2. The van der Waals surface area contributed by atoms with Gasteiger partial charge in [-0.2, -0.15) is 0 Å². The van der Waals surface area contributed by atoms with Gasteiger partial charge in [-0.15, -0.1) is 0 Å². The first kappa shape index (κ1) is 13.2. The molecule has 2 fully saturated rings. The summed E-state index contributed by atoms with van der Waals surface area (Å²) in [5.74, 6) is 2.24. The van der Waals surface area contributed by atoms with Gasteiger partial charge in [-0.1, -0.05) is 13.8 Å². The molecule has 2 unspecified atom stereocenters. The average molecular weight is 262 g/mol. The molecule has 2 bridgehead atoms. The first-order valence-corrected chi connectivity index (χ1v) is 7.86. The van der Waals surface area contributed by atoms with Crippen LogP contribution in [0.2, 0.25) is 0 Å². The van der Waals surface area contributed by atoms with Crippen molar-refractivity contribution in [1.82, 2.24) is 10.2 Å². The predicted octanol–water partition coefficient (Wildman–Crippen LogP) is 2.95. The maximum Gasteiger partial charge on any atom is 0.118 e. The zero-order valence-electron chi connectivity index (χ0n) is 12.2. The van der Waals surface area contributed by atoms with Gasteiger partial charge in [-0.3, -0.25) is 4.90 Å². The van der Waals surface area contributed by atoms with Crippen molar-refractivity contribution >= 4 is 0 Å². The zero-order chi connectivity index (χ0) is 13.2. The lowest BCUT2D eigenvalue weighted by atomic mass is 9.98. The third kappa shape index (κ3) is 2.87. The molecular weight excluding hydrogens is 236 g/mol. The molecule has 2 aliphatic rings. The summed E-state index contributed by atoms with van der Waals surface area (Å²) in [5, 5.41) is 3.73. The number of piperidine rings is 1. The highest BCUT2D eigenvalue weighted by Crippen LogP contribution is 2.30. The maximum atomic E-state index is 5.87. The topological polar surface area (TPSA) is 28.4 Å². The van der Waals surface area contributed by atoms with Gasteiger partial charge in [0.25, 0.3) is 0 Å². The minimum Gasteiger partial charge on any atom is -0.465 e. The van der Waals surface area contributed by atoms with Crippen molar-refractivity contribution in [2.45, 2.75) is 70.6 Å². The Hall–Kier alpha value is -0.800. The van der Waals surface area contributed by atoms with Gasteiger partial charge in [0.15, 0.2) is 0 Å². The van der Waals surface area contributed by atoms with E-state index in [4.69, 9.17) is 4.42 Å². The SMILES string of the molecule is CCc1ccc(CN(CC)C2CC3CCC(C2)N3)o1. The molecule has 0 amide bonds. The highest BCUT2D eigenvalue weighted by molar-refractivity contribution is 5.07. The number of furan rings is 1. The van der Waals surface area contributed by atoms with E-state index in [1.807, 2.05) is 0 Å². The summed E-state index contributed by atoms with van der Waals surface area (Å²) >= 11 is 0. The summed E-state index contributed by atoms with van der Waals surface area (Å²) in [5.41, 5.74) is 0. The fourth-order valence-electron chi connectivity index (χ4n) is 3.72. The summed E-state index contributed by atoms with van der Waals surface area (Å²) in [6.45, 7) is 6.51. The molecule has 2 atom stereocenters. The van der Waals surface area contributed by atoms with Gasteiger partial charge in [0.1, 0.15) is 11.5 Å². The monoisotopic (exact) mass is 262 g/mol. The minimum absolute atomic E-state index is 0.735. The average Bonchev–Trinajstić information content (AvgIpc) is 3.02. The molecule has 3 rings (SSSR count). The third-order valence-electron chi connectivity index (χ3n) is 4.80. The van der Waals surface area contributed by atoms with Crippen molar-refractivity contribution in [3.63, 3.8) is 0 Å². The Bertz CT molecular complexity index is 403. The summed E-state index contributed by atoms with van der Waals surface area (Å²) in [7, 11) is 0. The minimum atomic E-state index is 0.735. The summed E-state index contributed by atoms with van der Waals surface area (Å²) in [4.78, 5) is 2.60. The Kier molecular flexibility index (Phi) is 3.94. The number of hydrogen-bond donors (Lipinski definition) is 1. The Morgan fingerprint density at radius 2 is 1.84 bits per heavy atom. The molecule has 2 saturated heterocycles. The molecule has 0 aliphatic carbocycles. The third-order valence-corrected chi connectivity index (χ3v) is 4.80. The fraction of sp³-hybridized carbons (Fsp3) is 0.750. The summed E-state index contributed by atoms with van der Waals surface area (Å²) in [6.07, 6.45) is 6.36. The molecule has 1 N–H and O–H groups in total. The van der Waals surface area contributed by atoms with E-state index in [1.54, 1.807) is 0 Å². The number of nitrogens with zero attached hydrogens (tertiary/aromatic N) is 1. The van der Waals surface area contributed by atoms with Gasteiger partial charge in [-0.05, 0) is 44.4 Å². The van der Waals surface area contributed by atoms with E-state index >= 15 is 0 Å². The molecule has 3 nitrogen and oxygen atoms in total. The number of rotatable bonds is 5. The lowest BCUT2D eigenvalue weighted by Gasteiger charge is -2.36. The van der Waals surface area contributed by atoms with E-state index in [9.17, 15) is 0 Å². The molecule has 0 radical (unpaired) electrons. The first-order valence-electron chi connectivity index (χ1n) is 7.86. The van der Waals surface area contributed by atoms with E-state index in [2.05, 4.69) is 36.2 Å². The predicted molar refractivity (Wildman–Crippen MR) is 77.1 cm³/mol. The second kappa shape index (κ2) is 5.68. The van der Waals surface area contributed by atoms with Gasteiger partial charge < -0.3 is 9.73 Å². The van der Waals surface area contributed by atoms with Crippen LogP contribution in [0.15, 0.2) is 16.5 Å². The number of nitrogens with one attached hydrogen (secondary N) is 1. The molecule has 1 aromatic rings. The van der Waals surface area contributed by atoms with Gasteiger partial charge in [0, 0.05) is 24.5 Å². The summed E-state index contributed by atoms with van der Waals surface area (Å²) in [6, 6.07) is 6.53. The van der Waals surface area contributed by atoms with Crippen molar-refractivity contribution < 1.29 is 4.42 Å². The Balaban J connectivity index is 1.63. The Morgan fingerprint density at radius 3 is 2.42 bits per heavy atom. The van der Waals surface area contributed by atoms with Crippen LogP contribution in [0.25, 0.3) is 0 Å². The Labute approximate surface area is 116 Å². The van der Waals surface area contributed by atoms with E-state index < -0.39 is 0 Å². The van der Waals surface area contributed by atoms with E-state index in [0.717, 1.165) is 49.2 Å². The van der Waals surface area contributed by atoms with E-state index in [-0.39, 0.29) is 0 Å². The summed E-state index contributed by atoms with van der Waals surface area (Å²) < 4.78 is 5.87. The van der Waals surface area contributed by atoms with Crippen LogP contribution in [-0.2, 0) is 13.0 Å². The highest BCUT2D eigenvalue weighted by atomic mass is 16.3. The fourth-order valence-corrected chi connectivity index (χ4v) is 3.72. The largest absolute Gasteiger partial charge is 0.465 e. The van der Waals surface area contributed by atoms with E-state index in [1.165, 1.54) is 25.7 Å². The second-order valence-electron chi connectivity index (χ2n) is 6.05. The van der Waals surface area contributed by atoms with Crippen LogP contribution in [0, 0.1) is 0 Å². The molecule has 0 aromatic carbocycles. The van der Waals surface area contributed by atoms with Gasteiger partial charge in [-0.25, -0.2) is 0 Å². The highest BCUT2D eigenvalue weighted by Gasteiger charge is 2.35. The molecule has 0 spiro atoms. The molecule has 1 aromatic heterocycles. The molecule has 2 aliphatic heterocycles. The Morgan fingerprint density at radius 1 is 1.16 bits per heavy atom. The normalized spacial score (nSPS) is 30.2. The standard InChI is InChI=1S/C16H26N2O/c1-3-15-7-8-16(19-15)11-18(4-2)14-9-12-5-6-13(10-14)17-12/h7-8,12-14,17H,3-6,9-11H2,1-2H3. The number of aryl methyl sites for hydroxylation is 1. The lowest BCUT2D eigenvalue weighted by molar-refractivity contribution is 0.131. The van der Waals surface area contributed by atoms with Crippen LogP contribution < -0.4 is 5.32 Å². The molecular formula is C16H26N2O. The van der Waals surface area contributed by atoms with Crippen molar-refractivity contribution in [2.24, 2.45) is 0 Å². The molecule has 106 valence electrons. The molecule has 3 heteroatoms. The lowest BCUT2D eigenvalue weighted by Crippen LogP contribution is -2.47. The molecule has 3 heterocycles. The van der Waals surface area contributed by atoms with Crippen molar-refractivity contribution in [1.29, 1.82) is 0 Å².